The third kappa shape index (κ3) is 1.94. The van der Waals surface area contributed by atoms with E-state index in [4.69, 9.17) is 12.2 Å². The highest BCUT2D eigenvalue weighted by Crippen LogP contribution is 2.30. The van der Waals surface area contributed by atoms with Gasteiger partial charge in [-0.05, 0) is 37.3 Å². The molecule has 22 heavy (non-hydrogen) atoms. The number of aryl methyl sites for hydroxylation is 1. The number of aromatic nitrogens is 2. The first-order valence-corrected chi connectivity index (χ1v) is 8.11. The predicted octanol–water partition coefficient (Wildman–Crippen LogP) is 4.57. The highest BCUT2D eigenvalue weighted by atomic mass is 32.1. The van der Waals surface area contributed by atoms with Crippen LogP contribution in [0.2, 0.25) is 0 Å². The van der Waals surface area contributed by atoms with Crippen LogP contribution >= 0.6 is 23.6 Å². The molecular formula is C17H12N2OS2. The smallest absolute Gasteiger partial charge is 0.276 e. The van der Waals surface area contributed by atoms with Gasteiger partial charge < -0.3 is 4.98 Å². The standard InChI is InChI=1S/C17H12N2OS2/c1-10-6-8-11(9-7-10)19-16(20)15-14(18-17(19)21)12-4-2-3-5-13(12)22-15/h2-9H,1H3,(H,18,21). The molecule has 0 aliphatic carbocycles. The predicted molar refractivity (Wildman–Crippen MR) is 94.8 cm³/mol. The number of aromatic amines is 1. The molecule has 4 rings (SSSR count). The molecule has 2 aromatic carbocycles. The van der Waals surface area contributed by atoms with Crippen LogP contribution in [0.1, 0.15) is 5.56 Å². The van der Waals surface area contributed by atoms with Crippen LogP contribution in [0.4, 0.5) is 0 Å². The zero-order chi connectivity index (χ0) is 15.3. The Balaban J connectivity index is 2.13. The summed E-state index contributed by atoms with van der Waals surface area (Å²) in [5, 5.41) is 1.04. The Labute approximate surface area is 135 Å². The lowest BCUT2D eigenvalue weighted by Crippen LogP contribution is -2.19. The number of benzene rings is 2. The minimum absolute atomic E-state index is 0.0659. The quantitative estimate of drug-likeness (QED) is 0.521. The number of nitrogens with one attached hydrogen (secondary N) is 1. The van der Waals surface area contributed by atoms with Crippen molar-refractivity contribution in [3.05, 3.63) is 69.2 Å². The highest BCUT2D eigenvalue weighted by molar-refractivity contribution is 7.71. The number of hydrogen-bond acceptors (Lipinski definition) is 3. The van der Waals surface area contributed by atoms with Crippen molar-refractivity contribution in [1.29, 1.82) is 0 Å². The number of fused-ring (bicyclic) bond motifs is 3. The molecule has 0 radical (unpaired) electrons. The third-order valence-corrected chi connectivity index (χ3v) is 5.16. The van der Waals surface area contributed by atoms with Gasteiger partial charge >= 0.3 is 0 Å². The second-order valence-corrected chi connectivity index (χ2v) is 6.65. The van der Waals surface area contributed by atoms with E-state index in [9.17, 15) is 4.79 Å². The summed E-state index contributed by atoms with van der Waals surface area (Å²) in [6.07, 6.45) is 0. The van der Waals surface area contributed by atoms with E-state index in [1.807, 2.05) is 55.5 Å². The van der Waals surface area contributed by atoms with E-state index in [-0.39, 0.29) is 5.56 Å². The van der Waals surface area contributed by atoms with Gasteiger partial charge in [0.25, 0.3) is 5.56 Å². The van der Waals surface area contributed by atoms with E-state index in [0.717, 1.165) is 26.9 Å². The van der Waals surface area contributed by atoms with Crippen LogP contribution in [0.25, 0.3) is 26.0 Å². The second-order valence-electron chi connectivity index (χ2n) is 5.21. The van der Waals surface area contributed by atoms with Crippen molar-refractivity contribution in [2.75, 3.05) is 0 Å². The molecule has 3 nitrogen and oxygen atoms in total. The van der Waals surface area contributed by atoms with Gasteiger partial charge in [-0.1, -0.05) is 35.9 Å². The van der Waals surface area contributed by atoms with Crippen LogP contribution < -0.4 is 5.56 Å². The van der Waals surface area contributed by atoms with Crippen molar-refractivity contribution in [3.8, 4) is 5.69 Å². The molecule has 2 heterocycles. The van der Waals surface area contributed by atoms with Gasteiger partial charge in [0.15, 0.2) is 4.77 Å². The zero-order valence-electron chi connectivity index (χ0n) is 11.8. The molecular weight excluding hydrogens is 312 g/mol. The number of thiophene rings is 1. The Kier molecular flexibility index (Phi) is 2.99. The first-order chi connectivity index (χ1) is 10.6. The molecule has 4 aromatic rings. The van der Waals surface area contributed by atoms with Crippen LogP contribution in [0.15, 0.2) is 53.3 Å². The van der Waals surface area contributed by atoms with Gasteiger partial charge in [-0.3, -0.25) is 9.36 Å². The number of hydrogen-bond donors (Lipinski definition) is 1. The largest absolute Gasteiger partial charge is 0.330 e. The summed E-state index contributed by atoms with van der Waals surface area (Å²) in [5.74, 6) is 0. The summed E-state index contributed by atoms with van der Waals surface area (Å²) >= 11 is 6.92. The van der Waals surface area contributed by atoms with E-state index in [0.29, 0.717) is 9.47 Å². The summed E-state index contributed by atoms with van der Waals surface area (Å²) in [5.41, 5.74) is 2.70. The Morgan fingerprint density at radius 1 is 1.09 bits per heavy atom. The van der Waals surface area contributed by atoms with Gasteiger partial charge in [0, 0.05) is 10.1 Å². The van der Waals surface area contributed by atoms with Crippen molar-refractivity contribution in [2.24, 2.45) is 0 Å². The minimum atomic E-state index is -0.0659. The van der Waals surface area contributed by atoms with E-state index in [1.54, 1.807) is 4.57 Å². The van der Waals surface area contributed by atoms with Crippen LogP contribution in [0.5, 0.6) is 0 Å². The van der Waals surface area contributed by atoms with E-state index >= 15 is 0 Å². The lowest BCUT2D eigenvalue weighted by molar-refractivity contribution is 0.943. The minimum Gasteiger partial charge on any atom is -0.330 e. The van der Waals surface area contributed by atoms with Gasteiger partial charge in [0.1, 0.15) is 4.70 Å². The first-order valence-electron chi connectivity index (χ1n) is 6.89. The summed E-state index contributed by atoms with van der Waals surface area (Å²) in [6.45, 7) is 2.02. The van der Waals surface area contributed by atoms with Crippen LogP contribution in [-0.4, -0.2) is 9.55 Å². The van der Waals surface area contributed by atoms with Gasteiger partial charge in [0.05, 0.1) is 11.2 Å². The van der Waals surface area contributed by atoms with Crippen molar-refractivity contribution in [3.63, 3.8) is 0 Å². The molecule has 0 fully saturated rings. The summed E-state index contributed by atoms with van der Waals surface area (Å²) in [6, 6.07) is 15.8. The maximum absolute atomic E-state index is 12.9. The Morgan fingerprint density at radius 2 is 1.82 bits per heavy atom. The van der Waals surface area contributed by atoms with Crippen molar-refractivity contribution >= 4 is 43.9 Å². The van der Waals surface area contributed by atoms with Gasteiger partial charge in [0.2, 0.25) is 0 Å². The molecule has 0 unspecified atom stereocenters. The lowest BCUT2D eigenvalue weighted by atomic mass is 10.2. The molecule has 0 spiro atoms. The van der Waals surface area contributed by atoms with Crippen LogP contribution in [-0.2, 0) is 0 Å². The Morgan fingerprint density at radius 3 is 2.59 bits per heavy atom. The Hall–Kier alpha value is -2.24. The number of H-pyrrole nitrogens is 1. The molecule has 0 bridgehead atoms. The van der Waals surface area contributed by atoms with Crippen molar-refractivity contribution in [2.45, 2.75) is 6.92 Å². The summed E-state index contributed by atoms with van der Waals surface area (Å²) in [7, 11) is 0. The molecule has 0 aliphatic rings. The first kappa shape index (κ1) is 13.4. The van der Waals surface area contributed by atoms with Gasteiger partial charge in [-0.2, -0.15) is 0 Å². The highest BCUT2D eigenvalue weighted by Gasteiger charge is 2.12. The maximum Gasteiger partial charge on any atom is 0.276 e. The fraction of sp³-hybridized carbons (Fsp3) is 0.0588. The zero-order valence-corrected chi connectivity index (χ0v) is 13.4. The topological polar surface area (TPSA) is 37.8 Å². The lowest BCUT2D eigenvalue weighted by Gasteiger charge is -2.06. The van der Waals surface area contributed by atoms with E-state index in [1.165, 1.54) is 11.3 Å². The fourth-order valence-corrected chi connectivity index (χ4v) is 3.98. The molecule has 1 N–H and O–H groups in total. The monoisotopic (exact) mass is 324 g/mol. The van der Waals surface area contributed by atoms with Gasteiger partial charge in [-0.25, -0.2) is 0 Å². The third-order valence-electron chi connectivity index (χ3n) is 3.72. The van der Waals surface area contributed by atoms with E-state index < -0.39 is 0 Å². The molecule has 0 saturated carbocycles. The molecule has 108 valence electrons. The van der Waals surface area contributed by atoms with Crippen molar-refractivity contribution < 1.29 is 0 Å². The van der Waals surface area contributed by atoms with E-state index in [2.05, 4.69) is 4.98 Å². The molecule has 0 saturated heterocycles. The van der Waals surface area contributed by atoms with Crippen molar-refractivity contribution in [1.82, 2.24) is 9.55 Å². The average molecular weight is 324 g/mol. The second kappa shape index (κ2) is 4.90. The average Bonchev–Trinajstić information content (AvgIpc) is 2.88. The molecule has 2 aromatic heterocycles. The van der Waals surface area contributed by atoms with Crippen LogP contribution in [0, 0.1) is 11.7 Å². The normalized spacial score (nSPS) is 11.3. The van der Waals surface area contributed by atoms with Gasteiger partial charge in [-0.15, -0.1) is 11.3 Å². The molecule has 5 heteroatoms. The number of rotatable bonds is 1. The SMILES string of the molecule is Cc1ccc(-n2c(=S)[nH]c3c(sc4ccccc43)c2=O)cc1. The molecule has 0 amide bonds. The molecule has 0 atom stereocenters. The summed E-state index contributed by atoms with van der Waals surface area (Å²) < 4.78 is 3.77. The van der Waals surface area contributed by atoms with Crippen LogP contribution in [0.3, 0.4) is 0 Å². The molecule has 0 aliphatic heterocycles. The number of nitrogens with zero attached hydrogens (tertiary/aromatic N) is 1. The fourth-order valence-electron chi connectivity index (χ4n) is 2.61. The summed E-state index contributed by atoms with van der Waals surface area (Å²) in [4.78, 5) is 16.1. The Bertz CT molecular complexity index is 1120. The maximum atomic E-state index is 12.9.